The summed E-state index contributed by atoms with van der Waals surface area (Å²) in [5.74, 6) is 2.39. The van der Waals surface area contributed by atoms with Crippen LogP contribution < -0.4 is 10.5 Å². The highest BCUT2D eigenvalue weighted by Crippen LogP contribution is 2.58. The second kappa shape index (κ2) is 6.00. The van der Waals surface area contributed by atoms with Gasteiger partial charge in [-0.3, -0.25) is 4.79 Å². The first-order chi connectivity index (χ1) is 12.1. The predicted molar refractivity (Wildman–Crippen MR) is 100 cm³/mol. The van der Waals surface area contributed by atoms with Crippen LogP contribution in [0.15, 0.2) is 11.0 Å². The van der Waals surface area contributed by atoms with Crippen LogP contribution in [0.3, 0.4) is 0 Å². The van der Waals surface area contributed by atoms with Crippen LogP contribution in [0.4, 0.5) is 5.69 Å². The second-order valence-electron chi connectivity index (χ2n) is 9.10. The summed E-state index contributed by atoms with van der Waals surface area (Å²) in [6.45, 7) is 1.98. The molecule has 2 heterocycles. The molecular formula is C20H28ClN3O. The van der Waals surface area contributed by atoms with Crippen LogP contribution in [0.25, 0.3) is 0 Å². The van der Waals surface area contributed by atoms with Gasteiger partial charge < -0.3 is 4.90 Å². The van der Waals surface area contributed by atoms with E-state index in [4.69, 9.17) is 16.7 Å². The third-order valence-electron chi connectivity index (χ3n) is 7.30. The van der Waals surface area contributed by atoms with Crippen LogP contribution in [0, 0.1) is 17.8 Å². The Morgan fingerprint density at radius 1 is 0.960 bits per heavy atom. The van der Waals surface area contributed by atoms with Gasteiger partial charge in [0.2, 0.25) is 0 Å². The lowest BCUT2D eigenvalue weighted by atomic mass is 9.53. The molecule has 136 valence electrons. The maximum absolute atomic E-state index is 13.2. The van der Waals surface area contributed by atoms with Gasteiger partial charge in [0.1, 0.15) is 5.02 Å². The lowest BCUT2D eigenvalue weighted by Gasteiger charge is -2.56. The largest absolute Gasteiger partial charge is 0.369 e. The summed E-state index contributed by atoms with van der Waals surface area (Å²) in [6, 6.07) is 0. The molecule has 5 aliphatic rings. The van der Waals surface area contributed by atoms with Gasteiger partial charge in [0.05, 0.1) is 17.4 Å². The lowest BCUT2D eigenvalue weighted by Crippen LogP contribution is -2.55. The SMILES string of the molecule is O=c1c(Cl)c(N2CCCCCC2)cnn1C12CC3CC(CC(C3)C1)C2. The molecule has 0 unspecified atom stereocenters. The summed E-state index contributed by atoms with van der Waals surface area (Å²) in [5, 5.41) is 5.11. The first-order valence-electron chi connectivity index (χ1n) is 10.2. The van der Waals surface area contributed by atoms with Crippen molar-refractivity contribution in [1.82, 2.24) is 9.78 Å². The van der Waals surface area contributed by atoms with E-state index in [1.807, 2.05) is 6.20 Å². The Bertz CT molecular complexity index is 685. The Balaban J connectivity index is 1.51. The first kappa shape index (κ1) is 16.2. The van der Waals surface area contributed by atoms with Crippen molar-refractivity contribution >= 4 is 17.3 Å². The Labute approximate surface area is 154 Å². The van der Waals surface area contributed by atoms with Crippen LogP contribution in [0.2, 0.25) is 5.02 Å². The standard InChI is InChI=1S/C20H28ClN3O/c21-18-17(23-5-3-1-2-4-6-23)13-22-24(19(18)25)20-10-14-7-15(11-20)9-16(8-14)12-20/h13-16H,1-12H2. The van der Waals surface area contributed by atoms with Crippen molar-refractivity contribution in [3.63, 3.8) is 0 Å². The number of nitrogens with zero attached hydrogens (tertiary/aromatic N) is 3. The third-order valence-corrected chi connectivity index (χ3v) is 7.66. The van der Waals surface area contributed by atoms with Crippen molar-refractivity contribution in [2.75, 3.05) is 18.0 Å². The number of anilines is 1. The third kappa shape index (κ3) is 2.63. The molecule has 0 spiro atoms. The summed E-state index contributed by atoms with van der Waals surface area (Å²) in [5.41, 5.74) is 0.757. The molecule has 0 amide bonds. The molecule has 0 aromatic carbocycles. The number of hydrogen-bond acceptors (Lipinski definition) is 3. The van der Waals surface area contributed by atoms with Gasteiger partial charge in [0, 0.05) is 13.1 Å². The minimum Gasteiger partial charge on any atom is -0.369 e. The Kier molecular flexibility index (Phi) is 3.88. The molecule has 25 heavy (non-hydrogen) atoms. The van der Waals surface area contributed by atoms with Crippen molar-refractivity contribution in [2.45, 2.75) is 69.7 Å². The molecule has 5 fully saturated rings. The highest BCUT2D eigenvalue weighted by Gasteiger charge is 2.53. The van der Waals surface area contributed by atoms with Gasteiger partial charge in [-0.15, -0.1) is 0 Å². The molecule has 0 radical (unpaired) electrons. The second-order valence-corrected chi connectivity index (χ2v) is 9.48. The van der Waals surface area contributed by atoms with Crippen molar-refractivity contribution in [3.8, 4) is 0 Å². The van der Waals surface area contributed by atoms with E-state index in [0.29, 0.717) is 5.02 Å². The molecule has 6 rings (SSSR count). The fourth-order valence-corrected chi connectivity index (χ4v) is 6.87. The molecule has 4 bridgehead atoms. The molecule has 4 nitrogen and oxygen atoms in total. The summed E-state index contributed by atoms with van der Waals surface area (Å²) < 4.78 is 1.81. The monoisotopic (exact) mass is 361 g/mol. The normalized spacial score (nSPS) is 37.3. The quantitative estimate of drug-likeness (QED) is 0.792. The molecule has 0 atom stereocenters. The first-order valence-corrected chi connectivity index (χ1v) is 10.6. The van der Waals surface area contributed by atoms with Crippen LogP contribution in [-0.2, 0) is 5.54 Å². The van der Waals surface area contributed by atoms with Crippen LogP contribution in [-0.4, -0.2) is 22.9 Å². The average Bonchev–Trinajstić information content (AvgIpc) is 2.85. The van der Waals surface area contributed by atoms with E-state index in [9.17, 15) is 4.79 Å². The predicted octanol–water partition coefficient (Wildman–Crippen LogP) is 4.20. The average molecular weight is 362 g/mol. The van der Waals surface area contributed by atoms with E-state index in [0.717, 1.165) is 55.8 Å². The highest BCUT2D eigenvalue weighted by atomic mass is 35.5. The number of rotatable bonds is 2. The molecule has 1 aromatic heterocycles. The highest BCUT2D eigenvalue weighted by molar-refractivity contribution is 6.33. The van der Waals surface area contributed by atoms with Gasteiger partial charge in [-0.2, -0.15) is 5.10 Å². The smallest absolute Gasteiger partial charge is 0.288 e. The topological polar surface area (TPSA) is 38.1 Å². The van der Waals surface area contributed by atoms with Crippen LogP contribution in [0.5, 0.6) is 0 Å². The molecule has 4 saturated carbocycles. The fraction of sp³-hybridized carbons (Fsp3) is 0.800. The van der Waals surface area contributed by atoms with E-state index in [1.54, 1.807) is 4.68 Å². The number of aromatic nitrogens is 2. The maximum atomic E-state index is 13.2. The van der Waals surface area contributed by atoms with Gasteiger partial charge in [0.25, 0.3) is 5.56 Å². The molecule has 1 aromatic rings. The Hall–Kier alpha value is -1.03. The molecule has 0 N–H and O–H groups in total. The van der Waals surface area contributed by atoms with E-state index < -0.39 is 0 Å². The van der Waals surface area contributed by atoms with E-state index in [2.05, 4.69) is 4.90 Å². The molecule has 1 saturated heterocycles. The van der Waals surface area contributed by atoms with Crippen molar-refractivity contribution in [3.05, 3.63) is 21.6 Å². The number of halogens is 1. The van der Waals surface area contributed by atoms with E-state index in [-0.39, 0.29) is 11.1 Å². The van der Waals surface area contributed by atoms with Crippen molar-refractivity contribution in [2.24, 2.45) is 17.8 Å². The summed E-state index contributed by atoms with van der Waals surface area (Å²) in [4.78, 5) is 15.4. The lowest BCUT2D eigenvalue weighted by molar-refractivity contribution is -0.0518. The van der Waals surface area contributed by atoms with Crippen LogP contribution >= 0.6 is 11.6 Å². The molecular weight excluding hydrogens is 334 g/mol. The Morgan fingerprint density at radius 2 is 1.52 bits per heavy atom. The summed E-state index contributed by atoms with van der Waals surface area (Å²) >= 11 is 6.61. The van der Waals surface area contributed by atoms with Gasteiger partial charge in [0.15, 0.2) is 0 Å². The molecule has 4 aliphatic carbocycles. The van der Waals surface area contributed by atoms with E-state index >= 15 is 0 Å². The Morgan fingerprint density at radius 3 is 2.08 bits per heavy atom. The zero-order valence-electron chi connectivity index (χ0n) is 14.9. The maximum Gasteiger partial charge on any atom is 0.288 e. The van der Waals surface area contributed by atoms with Gasteiger partial charge in [-0.05, 0) is 69.1 Å². The summed E-state index contributed by atoms with van der Waals surface area (Å²) in [7, 11) is 0. The van der Waals surface area contributed by atoms with Crippen molar-refractivity contribution in [1.29, 1.82) is 0 Å². The minimum absolute atomic E-state index is 0.0488. The molecule has 5 heteroatoms. The van der Waals surface area contributed by atoms with Crippen LogP contribution in [0.1, 0.15) is 64.2 Å². The van der Waals surface area contributed by atoms with Gasteiger partial charge in [-0.1, -0.05) is 24.4 Å². The van der Waals surface area contributed by atoms with Crippen molar-refractivity contribution < 1.29 is 0 Å². The van der Waals surface area contributed by atoms with Gasteiger partial charge in [-0.25, -0.2) is 4.68 Å². The van der Waals surface area contributed by atoms with Gasteiger partial charge >= 0.3 is 0 Å². The minimum atomic E-state index is -0.0506. The zero-order chi connectivity index (χ0) is 17.0. The molecule has 1 aliphatic heterocycles. The zero-order valence-corrected chi connectivity index (χ0v) is 15.7. The fourth-order valence-electron chi connectivity index (χ4n) is 6.62. The number of hydrogen-bond donors (Lipinski definition) is 0. The van der Waals surface area contributed by atoms with E-state index in [1.165, 1.54) is 44.9 Å². The summed E-state index contributed by atoms with van der Waals surface area (Å²) in [6.07, 6.45) is 14.3.